The maximum atomic E-state index is 13.5. The summed E-state index contributed by atoms with van der Waals surface area (Å²) in [5.74, 6) is 0.844. The molecule has 3 aromatic rings. The third kappa shape index (κ3) is 4.33. The summed E-state index contributed by atoms with van der Waals surface area (Å²) in [6.45, 7) is 7.99. The van der Waals surface area contributed by atoms with Crippen molar-refractivity contribution in [2.45, 2.75) is 38.6 Å². The average Bonchev–Trinajstić information content (AvgIpc) is 3.13. The highest BCUT2D eigenvalue weighted by atomic mass is 35.5. The molecule has 176 valence electrons. The Balaban J connectivity index is 1.40. The molecular formula is C29H31ClN2O2. The molecule has 0 bridgehead atoms. The number of rotatable bonds is 4. The Hall–Kier alpha value is -2.82. The summed E-state index contributed by atoms with van der Waals surface area (Å²) in [5, 5.41) is 0.578. The fraction of sp³-hybridized carbons (Fsp3) is 0.345. The van der Waals surface area contributed by atoms with Crippen molar-refractivity contribution in [2.24, 2.45) is 0 Å². The number of piperidine rings is 1. The zero-order valence-corrected chi connectivity index (χ0v) is 20.9. The van der Waals surface area contributed by atoms with Crippen molar-refractivity contribution in [1.29, 1.82) is 0 Å². The molecule has 0 N–H and O–H groups in total. The van der Waals surface area contributed by atoms with Crippen molar-refractivity contribution in [3.63, 3.8) is 0 Å². The van der Waals surface area contributed by atoms with Gasteiger partial charge in [0.25, 0.3) is 5.91 Å². The SMILES string of the molecule is COc1ccc2c(c1)C1(CCN(Cc3cc(C)cc(C)c3)CC1)CN2C(=O)c1cccc(Cl)c1. The second-order valence-corrected chi connectivity index (χ2v) is 10.3. The van der Waals surface area contributed by atoms with Crippen LogP contribution in [-0.2, 0) is 12.0 Å². The lowest BCUT2D eigenvalue weighted by atomic mass is 9.74. The molecule has 0 aromatic heterocycles. The van der Waals surface area contributed by atoms with Crippen LogP contribution >= 0.6 is 11.6 Å². The second kappa shape index (κ2) is 9.09. The quantitative estimate of drug-likeness (QED) is 0.454. The van der Waals surface area contributed by atoms with Crippen LogP contribution in [0.4, 0.5) is 5.69 Å². The number of hydrogen-bond acceptors (Lipinski definition) is 3. The lowest BCUT2D eigenvalue weighted by molar-refractivity contribution is 0.0975. The van der Waals surface area contributed by atoms with Gasteiger partial charge in [0.05, 0.1) is 7.11 Å². The number of nitrogens with zero attached hydrogens (tertiary/aromatic N) is 2. The summed E-state index contributed by atoms with van der Waals surface area (Å²) in [4.78, 5) is 18.0. The normalized spacial score (nSPS) is 17.1. The van der Waals surface area contributed by atoms with Crippen LogP contribution in [0.3, 0.4) is 0 Å². The standard InChI is InChI=1S/C29H31ClN2O2/c1-20-13-21(2)15-22(14-20)18-31-11-9-29(10-12-31)19-32(27-8-7-25(34-3)17-26(27)29)28(33)23-5-4-6-24(30)16-23/h4-8,13-17H,9-12,18-19H2,1-3H3. The van der Waals surface area contributed by atoms with E-state index in [2.05, 4.69) is 43.0 Å². The number of fused-ring (bicyclic) bond motifs is 2. The number of carbonyl (C=O) groups is 1. The molecular weight excluding hydrogens is 444 g/mol. The molecule has 3 aromatic carbocycles. The predicted octanol–water partition coefficient (Wildman–Crippen LogP) is 6.16. The zero-order chi connectivity index (χ0) is 23.9. The first-order valence-corrected chi connectivity index (χ1v) is 12.3. The smallest absolute Gasteiger partial charge is 0.258 e. The van der Waals surface area contributed by atoms with Crippen LogP contribution in [0, 0.1) is 13.8 Å². The number of halogens is 1. The Bertz CT molecular complexity index is 1210. The van der Waals surface area contributed by atoms with Crippen LogP contribution in [-0.4, -0.2) is 37.6 Å². The first-order valence-electron chi connectivity index (χ1n) is 11.9. The number of hydrogen-bond donors (Lipinski definition) is 0. The fourth-order valence-electron chi connectivity index (χ4n) is 5.72. The monoisotopic (exact) mass is 474 g/mol. The molecule has 2 aliphatic heterocycles. The van der Waals surface area contributed by atoms with Gasteiger partial charge in [0.15, 0.2) is 0 Å². The van der Waals surface area contributed by atoms with Gasteiger partial charge in [-0.25, -0.2) is 0 Å². The van der Waals surface area contributed by atoms with Gasteiger partial charge in [-0.15, -0.1) is 0 Å². The summed E-state index contributed by atoms with van der Waals surface area (Å²) < 4.78 is 5.56. The largest absolute Gasteiger partial charge is 0.497 e. The van der Waals surface area contributed by atoms with Gasteiger partial charge < -0.3 is 9.64 Å². The number of aryl methyl sites for hydroxylation is 2. The zero-order valence-electron chi connectivity index (χ0n) is 20.1. The maximum absolute atomic E-state index is 13.5. The van der Waals surface area contributed by atoms with E-state index in [-0.39, 0.29) is 11.3 Å². The molecule has 0 atom stereocenters. The molecule has 5 rings (SSSR count). The van der Waals surface area contributed by atoms with E-state index >= 15 is 0 Å². The van der Waals surface area contributed by atoms with E-state index in [0.717, 1.165) is 43.9 Å². The molecule has 0 unspecified atom stereocenters. The number of anilines is 1. The Kier molecular flexibility index (Phi) is 6.13. The van der Waals surface area contributed by atoms with Crippen molar-refractivity contribution >= 4 is 23.2 Å². The van der Waals surface area contributed by atoms with Gasteiger partial charge in [-0.05, 0) is 87.3 Å². The van der Waals surface area contributed by atoms with Gasteiger partial charge in [-0.1, -0.05) is 47.0 Å². The number of amides is 1. The van der Waals surface area contributed by atoms with E-state index in [1.54, 1.807) is 19.2 Å². The molecule has 2 heterocycles. The maximum Gasteiger partial charge on any atom is 0.258 e. The van der Waals surface area contributed by atoms with Gasteiger partial charge in [0.1, 0.15) is 5.75 Å². The van der Waals surface area contributed by atoms with Crippen LogP contribution in [0.15, 0.2) is 60.7 Å². The molecule has 4 nitrogen and oxygen atoms in total. The Labute approximate surface area is 207 Å². The van der Waals surface area contributed by atoms with E-state index in [1.807, 2.05) is 29.2 Å². The van der Waals surface area contributed by atoms with Gasteiger partial charge in [0, 0.05) is 34.8 Å². The van der Waals surface area contributed by atoms with Crippen molar-refractivity contribution in [2.75, 3.05) is 31.6 Å². The highest BCUT2D eigenvalue weighted by Crippen LogP contribution is 2.48. The third-order valence-corrected chi connectivity index (χ3v) is 7.58. The number of benzene rings is 3. The molecule has 1 saturated heterocycles. The summed E-state index contributed by atoms with van der Waals surface area (Å²) in [6.07, 6.45) is 2.02. The van der Waals surface area contributed by atoms with E-state index < -0.39 is 0 Å². The summed E-state index contributed by atoms with van der Waals surface area (Å²) >= 11 is 6.19. The highest BCUT2D eigenvalue weighted by molar-refractivity contribution is 6.31. The molecule has 34 heavy (non-hydrogen) atoms. The number of likely N-dealkylation sites (tertiary alicyclic amines) is 1. The highest BCUT2D eigenvalue weighted by Gasteiger charge is 2.46. The van der Waals surface area contributed by atoms with Gasteiger partial charge >= 0.3 is 0 Å². The van der Waals surface area contributed by atoms with Gasteiger partial charge in [0.2, 0.25) is 0 Å². The summed E-state index contributed by atoms with van der Waals surface area (Å²) in [6, 6.07) is 20.2. The lowest BCUT2D eigenvalue weighted by Crippen LogP contribution is -2.45. The van der Waals surface area contributed by atoms with E-state index in [0.29, 0.717) is 17.1 Å². The number of ether oxygens (including phenoxy) is 1. The van der Waals surface area contributed by atoms with E-state index in [4.69, 9.17) is 16.3 Å². The number of carbonyl (C=O) groups excluding carboxylic acids is 1. The molecule has 0 radical (unpaired) electrons. The van der Waals surface area contributed by atoms with Crippen molar-refractivity contribution in [3.05, 3.63) is 93.5 Å². The first kappa shape index (κ1) is 22.9. The van der Waals surface area contributed by atoms with E-state index in [9.17, 15) is 4.79 Å². The molecule has 1 spiro atoms. The number of methoxy groups -OCH3 is 1. The summed E-state index contributed by atoms with van der Waals surface area (Å²) in [7, 11) is 1.70. The molecule has 0 aliphatic carbocycles. The van der Waals surface area contributed by atoms with E-state index in [1.165, 1.54) is 22.3 Å². The van der Waals surface area contributed by atoms with Crippen molar-refractivity contribution in [1.82, 2.24) is 4.90 Å². The minimum Gasteiger partial charge on any atom is -0.497 e. The molecule has 2 aliphatic rings. The minimum absolute atomic E-state index is 0.00320. The van der Waals surface area contributed by atoms with Gasteiger partial charge in [-0.3, -0.25) is 9.69 Å². The van der Waals surface area contributed by atoms with Crippen LogP contribution in [0.5, 0.6) is 5.75 Å². The fourth-order valence-corrected chi connectivity index (χ4v) is 5.91. The molecule has 1 fully saturated rings. The second-order valence-electron chi connectivity index (χ2n) is 9.84. The first-order chi connectivity index (χ1) is 16.4. The van der Waals surface area contributed by atoms with Crippen LogP contribution in [0.2, 0.25) is 5.02 Å². The topological polar surface area (TPSA) is 32.8 Å². The molecule has 1 amide bonds. The van der Waals surface area contributed by atoms with Crippen LogP contribution < -0.4 is 9.64 Å². The van der Waals surface area contributed by atoms with Crippen molar-refractivity contribution < 1.29 is 9.53 Å². The third-order valence-electron chi connectivity index (χ3n) is 7.34. The van der Waals surface area contributed by atoms with Gasteiger partial charge in [-0.2, -0.15) is 0 Å². The predicted molar refractivity (Wildman–Crippen MR) is 138 cm³/mol. The Morgan fingerprint density at radius 1 is 1.00 bits per heavy atom. The minimum atomic E-state index is -0.0584. The lowest BCUT2D eigenvalue weighted by Gasteiger charge is -2.40. The Morgan fingerprint density at radius 3 is 2.41 bits per heavy atom. The molecule has 5 heteroatoms. The molecule has 0 saturated carbocycles. The summed E-state index contributed by atoms with van der Waals surface area (Å²) in [5.41, 5.74) is 6.79. The van der Waals surface area contributed by atoms with Crippen molar-refractivity contribution in [3.8, 4) is 5.75 Å². The van der Waals surface area contributed by atoms with Crippen LogP contribution in [0.25, 0.3) is 0 Å². The average molecular weight is 475 g/mol. The Morgan fingerprint density at radius 2 is 1.74 bits per heavy atom. The van der Waals surface area contributed by atoms with Crippen LogP contribution in [0.1, 0.15) is 45.5 Å².